The van der Waals surface area contributed by atoms with Crippen LogP contribution in [0.2, 0.25) is 5.02 Å². The van der Waals surface area contributed by atoms with E-state index in [2.05, 4.69) is 10.3 Å². The van der Waals surface area contributed by atoms with E-state index < -0.39 is 5.60 Å². The van der Waals surface area contributed by atoms with Gasteiger partial charge >= 0.3 is 0 Å². The van der Waals surface area contributed by atoms with E-state index in [1.165, 1.54) is 0 Å². The molecular weight excluding hydrogens is 276 g/mol. The van der Waals surface area contributed by atoms with Gasteiger partial charge in [0.05, 0.1) is 18.6 Å². The van der Waals surface area contributed by atoms with Gasteiger partial charge in [0.2, 0.25) is 5.91 Å². The lowest BCUT2D eigenvalue weighted by Gasteiger charge is -2.07. The number of H-pyrrole nitrogens is 1. The summed E-state index contributed by atoms with van der Waals surface area (Å²) in [5.74, 6) is -0.113. The summed E-state index contributed by atoms with van der Waals surface area (Å²) in [6, 6.07) is 5.89. The molecule has 3 rings (SSSR count). The zero-order valence-corrected chi connectivity index (χ0v) is 12.0. The quantitative estimate of drug-likeness (QED) is 0.811. The molecule has 1 saturated carbocycles. The van der Waals surface area contributed by atoms with Crippen molar-refractivity contribution in [2.45, 2.75) is 38.3 Å². The molecule has 0 saturated heterocycles. The number of aromatic nitrogens is 1. The Bertz CT molecular complexity index is 635. The van der Waals surface area contributed by atoms with Crippen molar-refractivity contribution < 1.29 is 9.90 Å². The van der Waals surface area contributed by atoms with E-state index in [0.29, 0.717) is 6.54 Å². The van der Waals surface area contributed by atoms with Gasteiger partial charge in [-0.3, -0.25) is 4.79 Å². The molecule has 0 bridgehead atoms. The van der Waals surface area contributed by atoms with E-state index in [0.717, 1.165) is 40.0 Å². The van der Waals surface area contributed by atoms with Crippen molar-refractivity contribution in [3.8, 4) is 0 Å². The largest absolute Gasteiger partial charge is 0.389 e. The van der Waals surface area contributed by atoms with Crippen molar-refractivity contribution in [3.63, 3.8) is 0 Å². The zero-order valence-electron chi connectivity index (χ0n) is 11.3. The van der Waals surface area contributed by atoms with E-state index in [9.17, 15) is 9.90 Å². The van der Waals surface area contributed by atoms with Gasteiger partial charge in [-0.05, 0) is 43.5 Å². The van der Waals surface area contributed by atoms with Crippen LogP contribution in [0.15, 0.2) is 18.2 Å². The van der Waals surface area contributed by atoms with Crippen LogP contribution in [0.3, 0.4) is 0 Å². The Kier molecular flexibility index (Phi) is 3.22. The molecule has 1 aromatic heterocycles. The number of hydrogen-bond donors (Lipinski definition) is 3. The predicted molar refractivity (Wildman–Crippen MR) is 78.7 cm³/mol. The fraction of sp³-hybridized carbons (Fsp3) is 0.400. The highest BCUT2D eigenvalue weighted by Crippen LogP contribution is 2.38. The summed E-state index contributed by atoms with van der Waals surface area (Å²) in [6.07, 6.45) is 1.65. The van der Waals surface area contributed by atoms with Crippen LogP contribution >= 0.6 is 11.6 Å². The first-order valence-corrected chi connectivity index (χ1v) is 7.10. The third-order valence-electron chi connectivity index (χ3n) is 3.75. The molecule has 20 heavy (non-hydrogen) atoms. The fourth-order valence-corrected chi connectivity index (χ4v) is 2.46. The Morgan fingerprint density at radius 1 is 1.45 bits per heavy atom. The van der Waals surface area contributed by atoms with Gasteiger partial charge in [-0.2, -0.15) is 0 Å². The van der Waals surface area contributed by atoms with E-state index in [-0.39, 0.29) is 12.3 Å². The summed E-state index contributed by atoms with van der Waals surface area (Å²) in [5, 5.41) is 14.3. The highest BCUT2D eigenvalue weighted by Gasteiger charge is 2.42. The van der Waals surface area contributed by atoms with E-state index >= 15 is 0 Å². The third kappa shape index (κ3) is 2.81. The lowest BCUT2D eigenvalue weighted by Crippen LogP contribution is -2.27. The number of aryl methyl sites for hydroxylation is 1. The number of nitrogens with one attached hydrogen (secondary N) is 2. The maximum absolute atomic E-state index is 11.7. The molecule has 1 aromatic carbocycles. The molecule has 0 radical (unpaired) electrons. The van der Waals surface area contributed by atoms with Crippen molar-refractivity contribution in [3.05, 3.63) is 34.5 Å². The average molecular weight is 293 g/mol. The molecule has 1 aliphatic carbocycles. The number of amides is 1. The molecule has 0 spiro atoms. The summed E-state index contributed by atoms with van der Waals surface area (Å²) in [7, 11) is 0. The molecule has 0 atom stereocenters. The summed E-state index contributed by atoms with van der Waals surface area (Å²) >= 11 is 6.09. The normalized spacial score (nSPS) is 16.4. The van der Waals surface area contributed by atoms with Gasteiger partial charge in [-0.15, -0.1) is 0 Å². The van der Waals surface area contributed by atoms with E-state index in [4.69, 9.17) is 11.6 Å². The van der Waals surface area contributed by atoms with Crippen LogP contribution < -0.4 is 5.32 Å². The minimum Gasteiger partial charge on any atom is -0.389 e. The van der Waals surface area contributed by atoms with Crippen molar-refractivity contribution in [2.75, 3.05) is 0 Å². The molecule has 106 valence electrons. The number of aromatic amines is 1. The molecule has 0 unspecified atom stereocenters. The number of halogens is 1. The highest BCUT2D eigenvalue weighted by molar-refractivity contribution is 6.32. The summed E-state index contributed by atoms with van der Waals surface area (Å²) in [5.41, 5.74) is 2.22. The number of aliphatic hydroxyl groups is 1. The summed E-state index contributed by atoms with van der Waals surface area (Å²) in [4.78, 5) is 15.0. The number of carbonyl (C=O) groups excluding carboxylic acids is 1. The van der Waals surface area contributed by atoms with Crippen LogP contribution in [-0.4, -0.2) is 21.6 Å². The van der Waals surface area contributed by atoms with Gasteiger partial charge in [0.15, 0.2) is 0 Å². The van der Waals surface area contributed by atoms with Crippen LogP contribution in [0, 0.1) is 6.92 Å². The molecule has 1 amide bonds. The molecule has 1 heterocycles. The Balaban J connectivity index is 1.67. The second kappa shape index (κ2) is 4.79. The van der Waals surface area contributed by atoms with Crippen LogP contribution in [0.5, 0.6) is 0 Å². The van der Waals surface area contributed by atoms with Gasteiger partial charge in [0.25, 0.3) is 0 Å². The van der Waals surface area contributed by atoms with E-state index in [1.54, 1.807) is 0 Å². The molecule has 2 aromatic rings. The lowest BCUT2D eigenvalue weighted by molar-refractivity contribution is -0.123. The minimum atomic E-state index is -0.741. The molecule has 0 aliphatic heterocycles. The first-order valence-electron chi connectivity index (χ1n) is 6.72. The SMILES string of the molecule is Cc1cc2[nH]c(CNC(=O)CC3(O)CC3)cc2cc1Cl. The first-order chi connectivity index (χ1) is 9.45. The minimum absolute atomic E-state index is 0.113. The molecule has 3 N–H and O–H groups in total. The second-order valence-corrected chi connectivity index (χ2v) is 6.07. The Hall–Kier alpha value is -1.52. The number of carbonyl (C=O) groups is 1. The van der Waals surface area contributed by atoms with Crippen LogP contribution in [0.4, 0.5) is 0 Å². The first kappa shape index (κ1) is 13.5. The van der Waals surface area contributed by atoms with Crippen LogP contribution in [0.25, 0.3) is 10.9 Å². The van der Waals surface area contributed by atoms with Crippen molar-refractivity contribution in [1.29, 1.82) is 0 Å². The van der Waals surface area contributed by atoms with Gasteiger partial charge in [-0.25, -0.2) is 0 Å². The Labute approximate surface area is 122 Å². The Morgan fingerprint density at radius 3 is 2.90 bits per heavy atom. The van der Waals surface area contributed by atoms with Gasteiger partial charge in [0, 0.05) is 21.6 Å². The number of rotatable bonds is 4. The molecular formula is C15H17ClN2O2. The smallest absolute Gasteiger partial charge is 0.223 e. The number of benzene rings is 1. The maximum atomic E-state index is 11.7. The predicted octanol–water partition coefficient (Wildman–Crippen LogP) is 2.66. The standard InChI is InChI=1S/C15H17ClN2O2/c1-9-4-13-10(6-12(9)16)5-11(18-13)8-17-14(19)7-15(20)2-3-15/h4-6,18,20H,2-3,7-8H2,1H3,(H,17,19). The monoisotopic (exact) mass is 292 g/mol. The third-order valence-corrected chi connectivity index (χ3v) is 4.16. The highest BCUT2D eigenvalue weighted by atomic mass is 35.5. The van der Waals surface area contributed by atoms with Crippen molar-refractivity contribution in [1.82, 2.24) is 10.3 Å². The van der Waals surface area contributed by atoms with Gasteiger partial charge < -0.3 is 15.4 Å². The maximum Gasteiger partial charge on any atom is 0.223 e. The van der Waals surface area contributed by atoms with Crippen LogP contribution in [0.1, 0.15) is 30.5 Å². The Morgan fingerprint density at radius 2 is 2.20 bits per heavy atom. The fourth-order valence-electron chi connectivity index (χ4n) is 2.29. The average Bonchev–Trinajstić information content (AvgIpc) is 2.96. The second-order valence-electron chi connectivity index (χ2n) is 5.66. The molecule has 1 fully saturated rings. The van der Waals surface area contributed by atoms with E-state index in [1.807, 2.05) is 25.1 Å². The van der Waals surface area contributed by atoms with Crippen LogP contribution in [-0.2, 0) is 11.3 Å². The molecule has 4 nitrogen and oxygen atoms in total. The number of hydrogen-bond acceptors (Lipinski definition) is 2. The van der Waals surface area contributed by atoms with Gasteiger partial charge in [0.1, 0.15) is 0 Å². The molecule has 5 heteroatoms. The topological polar surface area (TPSA) is 65.1 Å². The number of fused-ring (bicyclic) bond motifs is 1. The van der Waals surface area contributed by atoms with Gasteiger partial charge in [-0.1, -0.05) is 11.6 Å². The molecule has 1 aliphatic rings. The summed E-state index contributed by atoms with van der Waals surface area (Å²) in [6.45, 7) is 2.39. The summed E-state index contributed by atoms with van der Waals surface area (Å²) < 4.78 is 0. The van der Waals surface area contributed by atoms with Crippen molar-refractivity contribution >= 4 is 28.4 Å². The zero-order chi connectivity index (χ0) is 14.3. The lowest BCUT2D eigenvalue weighted by atomic mass is 10.2. The van der Waals surface area contributed by atoms with Crippen molar-refractivity contribution in [2.24, 2.45) is 0 Å².